The predicted molar refractivity (Wildman–Crippen MR) is 105 cm³/mol. The van der Waals surface area contributed by atoms with Crippen molar-refractivity contribution < 1.29 is 22.7 Å². The summed E-state index contributed by atoms with van der Waals surface area (Å²) in [4.78, 5) is 12.3. The van der Waals surface area contributed by atoms with Gasteiger partial charge in [0.05, 0.1) is 24.2 Å². The molecule has 0 fully saturated rings. The van der Waals surface area contributed by atoms with Crippen LogP contribution in [0, 0.1) is 6.92 Å². The van der Waals surface area contributed by atoms with Gasteiger partial charge in [0, 0.05) is 19.0 Å². The van der Waals surface area contributed by atoms with E-state index in [0.717, 1.165) is 17.5 Å². The Morgan fingerprint density at radius 1 is 1.07 bits per heavy atom. The van der Waals surface area contributed by atoms with Crippen molar-refractivity contribution in [2.24, 2.45) is 0 Å². The van der Waals surface area contributed by atoms with Crippen LogP contribution in [-0.4, -0.2) is 33.6 Å². The number of fused-ring (bicyclic) bond motifs is 1. The molecule has 1 aliphatic heterocycles. The van der Waals surface area contributed by atoms with Gasteiger partial charge in [0.15, 0.2) is 11.5 Å². The summed E-state index contributed by atoms with van der Waals surface area (Å²) in [5.74, 6) is 0.496. The van der Waals surface area contributed by atoms with Gasteiger partial charge in [0.1, 0.15) is 0 Å². The van der Waals surface area contributed by atoms with Crippen LogP contribution < -0.4 is 19.5 Å². The van der Waals surface area contributed by atoms with Gasteiger partial charge in [-0.25, -0.2) is 8.42 Å². The molecular formula is C20H24N2O5S. The van der Waals surface area contributed by atoms with Crippen molar-refractivity contribution >= 4 is 15.9 Å². The van der Waals surface area contributed by atoms with Crippen LogP contribution in [-0.2, 0) is 21.4 Å². The molecule has 28 heavy (non-hydrogen) atoms. The Morgan fingerprint density at radius 2 is 1.75 bits per heavy atom. The number of carbonyl (C=O) groups excluding carboxylic acids is 1. The van der Waals surface area contributed by atoms with Crippen molar-refractivity contribution in [3.05, 3.63) is 53.6 Å². The SMILES string of the molecule is Cc1ccc(CNC(=O)C(C)NS(=O)(=O)c2ccc3c(c2)OCCCO3)cc1. The third kappa shape index (κ3) is 5.02. The van der Waals surface area contributed by atoms with Crippen molar-refractivity contribution in [2.45, 2.75) is 37.8 Å². The molecule has 0 spiro atoms. The first-order valence-electron chi connectivity index (χ1n) is 9.10. The number of hydrogen-bond acceptors (Lipinski definition) is 5. The molecule has 0 saturated heterocycles. The van der Waals surface area contributed by atoms with Crippen LogP contribution in [0.4, 0.5) is 0 Å². The third-order valence-corrected chi connectivity index (χ3v) is 5.88. The number of amides is 1. The molecule has 0 aliphatic carbocycles. The normalized spacial score (nSPS) is 14.8. The van der Waals surface area contributed by atoms with Crippen molar-refractivity contribution in [1.29, 1.82) is 0 Å². The van der Waals surface area contributed by atoms with E-state index in [0.29, 0.717) is 31.3 Å². The maximum Gasteiger partial charge on any atom is 0.241 e. The van der Waals surface area contributed by atoms with Gasteiger partial charge in [-0.05, 0) is 31.5 Å². The highest BCUT2D eigenvalue weighted by atomic mass is 32.2. The molecule has 0 bridgehead atoms. The lowest BCUT2D eigenvalue weighted by molar-refractivity contribution is -0.122. The minimum atomic E-state index is -3.88. The van der Waals surface area contributed by atoms with Crippen molar-refractivity contribution in [3.8, 4) is 11.5 Å². The van der Waals surface area contributed by atoms with E-state index in [9.17, 15) is 13.2 Å². The Bertz CT molecular complexity index is 942. The zero-order valence-corrected chi connectivity index (χ0v) is 16.7. The van der Waals surface area contributed by atoms with E-state index in [2.05, 4.69) is 10.0 Å². The maximum atomic E-state index is 12.6. The van der Waals surface area contributed by atoms with E-state index >= 15 is 0 Å². The molecule has 2 aromatic rings. The van der Waals surface area contributed by atoms with Crippen LogP contribution >= 0.6 is 0 Å². The standard InChI is InChI=1S/C20H24N2O5S/c1-14-4-6-16(7-5-14)13-21-20(23)15(2)22-28(24,25)17-8-9-18-19(12-17)27-11-3-10-26-18/h4-9,12,15,22H,3,10-11,13H2,1-2H3,(H,21,23). The Morgan fingerprint density at radius 3 is 2.46 bits per heavy atom. The summed E-state index contributed by atoms with van der Waals surface area (Å²) >= 11 is 0. The average molecular weight is 404 g/mol. The number of ether oxygens (including phenoxy) is 2. The minimum absolute atomic E-state index is 0.0231. The van der Waals surface area contributed by atoms with Crippen molar-refractivity contribution in [1.82, 2.24) is 10.0 Å². The van der Waals surface area contributed by atoms with Gasteiger partial charge in [-0.15, -0.1) is 0 Å². The number of nitrogens with one attached hydrogen (secondary N) is 2. The Kier molecular flexibility index (Phi) is 6.21. The summed E-state index contributed by atoms with van der Waals surface area (Å²) in [6.45, 7) is 4.80. The fourth-order valence-electron chi connectivity index (χ4n) is 2.71. The molecule has 2 N–H and O–H groups in total. The molecule has 0 radical (unpaired) electrons. The fourth-order valence-corrected chi connectivity index (χ4v) is 3.93. The summed E-state index contributed by atoms with van der Waals surface area (Å²) in [6.07, 6.45) is 0.729. The molecule has 0 saturated carbocycles. The topological polar surface area (TPSA) is 93.7 Å². The molecule has 1 unspecified atom stereocenters. The molecule has 1 atom stereocenters. The molecule has 0 aromatic heterocycles. The van der Waals surface area contributed by atoms with Crippen LogP contribution in [0.25, 0.3) is 0 Å². The van der Waals surface area contributed by atoms with Gasteiger partial charge >= 0.3 is 0 Å². The zero-order chi connectivity index (χ0) is 20.1. The van der Waals surface area contributed by atoms with Crippen LogP contribution in [0.2, 0.25) is 0 Å². The summed E-state index contributed by atoms with van der Waals surface area (Å²) in [6, 6.07) is 11.2. The smallest absolute Gasteiger partial charge is 0.241 e. The number of sulfonamides is 1. The van der Waals surface area contributed by atoms with E-state index in [4.69, 9.17) is 9.47 Å². The number of carbonyl (C=O) groups is 1. The van der Waals surface area contributed by atoms with E-state index in [1.165, 1.54) is 19.1 Å². The van der Waals surface area contributed by atoms with Gasteiger partial charge in [-0.2, -0.15) is 4.72 Å². The quantitative estimate of drug-likeness (QED) is 0.769. The summed E-state index contributed by atoms with van der Waals surface area (Å²) in [5, 5.41) is 2.74. The lowest BCUT2D eigenvalue weighted by atomic mass is 10.1. The molecule has 1 heterocycles. The van der Waals surface area contributed by atoms with Crippen LogP contribution in [0.1, 0.15) is 24.5 Å². The monoisotopic (exact) mass is 404 g/mol. The largest absolute Gasteiger partial charge is 0.490 e. The van der Waals surface area contributed by atoms with Gasteiger partial charge < -0.3 is 14.8 Å². The van der Waals surface area contributed by atoms with Crippen LogP contribution in [0.5, 0.6) is 11.5 Å². The number of rotatable bonds is 6. The van der Waals surface area contributed by atoms with Crippen LogP contribution in [0.15, 0.2) is 47.4 Å². The second kappa shape index (κ2) is 8.62. The number of aryl methyl sites for hydroxylation is 1. The van der Waals surface area contributed by atoms with E-state index < -0.39 is 22.0 Å². The highest BCUT2D eigenvalue weighted by Gasteiger charge is 2.24. The molecular weight excluding hydrogens is 380 g/mol. The molecule has 8 heteroatoms. The van der Waals surface area contributed by atoms with E-state index in [-0.39, 0.29) is 4.90 Å². The Labute approximate surface area is 165 Å². The molecule has 2 aromatic carbocycles. The fraction of sp³-hybridized carbons (Fsp3) is 0.350. The third-order valence-electron chi connectivity index (χ3n) is 4.34. The van der Waals surface area contributed by atoms with Gasteiger partial charge in [0.25, 0.3) is 0 Å². The average Bonchev–Trinajstić information content (AvgIpc) is 2.91. The first kappa shape index (κ1) is 20.2. The highest BCUT2D eigenvalue weighted by Crippen LogP contribution is 2.31. The lowest BCUT2D eigenvalue weighted by Crippen LogP contribution is -2.44. The Hall–Kier alpha value is -2.58. The highest BCUT2D eigenvalue weighted by molar-refractivity contribution is 7.89. The first-order chi connectivity index (χ1) is 13.3. The van der Waals surface area contributed by atoms with Gasteiger partial charge in [-0.1, -0.05) is 29.8 Å². The van der Waals surface area contributed by atoms with Gasteiger partial charge in [0.2, 0.25) is 15.9 Å². The summed E-state index contributed by atoms with van der Waals surface area (Å²) < 4.78 is 38.7. The molecule has 7 nitrogen and oxygen atoms in total. The number of hydrogen-bond donors (Lipinski definition) is 2. The van der Waals surface area contributed by atoms with Crippen molar-refractivity contribution in [2.75, 3.05) is 13.2 Å². The lowest BCUT2D eigenvalue weighted by Gasteiger charge is -2.15. The second-order valence-electron chi connectivity index (χ2n) is 6.71. The summed E-state index contributed by atoms with van der Waals surface area (Å²) in [7, 11) is -3.88. The molecule has 1 amide bonds. The van der Waals surface area contributed by atoms with Gasteiger partial charge in [-0.3, -0.25) is 4.79 Å². The second-order valence-corrected chi connectivity index (χ2v) is 8.42. The maximum absolute atomic E-state index is 12.6. The minimum Gasteiger partial charge on any atom is -0.490 e. The van der Waals surface area contributed by atoms with E-state index in [1.807, 2.05) is 31.2 Å². The van der Waals surface area contributed by atoms with Crippen LogP contribution in [0.3, 0.4) is 0 Å². The molecule has 1 aliphatic rings. The van der Waals surface area contributed by atoms with E-state index in [1.54, 1.807) is 6.07 Å². The zero-order valence-electron chi connectivity index (χ0n) is 15.9. The summed E-state index contributed by atoms with van der Waals surface area (Å²) in [5.41, 5.74) is 2.07. The Balaban J connectivity index is 1.63. The predicted octanol–water partition coefficient (Wildman–Crippen LogP) is 2.14. The first-order valence-corrected chi connectivity index (χ1v) is 10.6. The van der Waals surface area contributed by atoms with Crippen molar-refractivity contribution in [3.63, 3.8) is 0 Å². The molecule has 3 rings (SSSR count). The molecule has 150 valence electrons. The number of benzene rings is 2.